The highest BCUT2D eigenvalue weighted by Gasteiger charge is 2.08. The van der Waals surface area contributed by atoms with Gasteiger partial charge in [0.2, 0.25) is 0 Å². The highest BCUT2D eigenvalue weighted by molar-refractivity contribution is 14.0. The van der Waals surface area contributed by atoms with E-state index in [0.29, 0.717) is 13.2 Å². The Morgan fingerprint density at radius 1 is 1.42 bits per heavy atom. The van der Waals surface area contributed by atoms with E-state index in [-0.39, 0.29) is 36.3 Å². The van der Waals surface area contributed by atoms with Gasteiger partial charge >= 0.3 is 0 Å². The van der Waals surface area contributed by atoms with Crippen molar-refractivity contribution < 1.29 is 13.2 Å². The van der Waals surface area contributed by atoms with Crippen molar-refractivity contribution in [3.8, 4) is 0 Å². The van der Waals surface area contributed by atoms with E-state index in [0.717, 1.165) is 28.3 Å². The van der Waals surface area contributed by atoms with Crippen LogP contribution < -0.4 is 5.32 Å². The van der Waals surface area contributed by atoms with Gasteiger partial charge in [-0.3, -0.25) is 4.99 Å². The van der Waals surface area contributed by atoms with Crippen LogP contribution in [0.3, 0.4) is 0 Å². The first-order chi connectivity index (χ1) is 10.8. The topological polar surface area (TPSA) is 71.0 Å². The first-order valence-electron chi connectivity index (χ1n) is 7.31. The molecule has 1 aromatic heterocycles. The number of guanidine groups is 1. The molecule has 0 saturated carbocycles. The molecular formula is C14H25ClIN3O3S2. The van der Waals surface area contributed by atoms with E-state index < -0.39 is 9.84 Å². The lowest BCUT2D eigenvalue weighted by atomic mass is 10.4. The Morgan fingerprint density at radius 3 is 2.67 bits per heavy atom. The molecule has 6 nitrogen and oxygen atoms in total. The highest BCUT2D eigenvalue weighted by Crippen LogP contribution is 2.22. The third-order valence-electron chi connectivity index (χ3n) is 2.81. The smallest absolute Gasteiger partial charge is 0.194 e. The molecule has 0 aromatic carbocycles. The number of hydrogen-bond acceptors (Lipinski definition) is 5. The van der Waals surface area contributed by atoms with Crippen LogP contribution in [0.25, 0.3) is 0 Å². The Bertz CT molecular complexity index is 608. The monoisotopic (exact) mass is 509 g/mol. The minimum absolute atomic E-state index is 0. The molecule has 0 fully saturated rings. The van der Waals surface area contributed by atoms with E-state index in [2.05, 4.69) is 10.3 Å². The molecule has 1 rings (SSSR count). The van der Waals surface area contributed by atoms with Gasteiger partial charge in [0.15, 0.2) is 5.96 Å². The Morgan fingerprint density at radius 2 is 2.12 bits per heavy atom. The number of hydrogen-bond donors (Lipinski definition) is 1. The lowest BCUT2D eigenvalue weighted by Crippen LogP contribution is -2.38. The molecule has 0 aliphatic carbocycles. The highest BCUT2D eigenvalue weighted by atomic mass is 127. The van der Waals surface area contributed by atoms with Crippen molar-refractivity contribution >= 4 is 62.7 Å². The number of sulfone groups is 1. The maximum atomic E-state index is 11.0. The molecule has 0 amide bonds. The second kappa shape index (κ2) is 12.3. The van der Waals surface area contributed by atoms with Gasteiger partial charge in [-0.1, -0.05) is 11.6 Å². The fourth-order valence-corrected chi connectivity index (χ4v) is 3.31. The molecule has 1 aromatic rings. The largest absolute Gasteiger partial charge is 0.378 e. The number of rotatable bonds is 9. The van der Waals surface area contributed by atoms with Crippen molar-refractivity contribution in [1.29, 1.82) is 0 Å². The summed E-state index contributed by atoms with van der Waals surface area (Å²) in [5, 5.41) is 3.22. The van der Waals surface area contributed by atoms with Crippen LogP contribution in [0, 0.1) is 0 Å². The molecule has 10 heteroatoms. The summed E-state index contributed by atoms with van der Waals surface area (Å²) in [5.41, 5.74) is 0. The predicted octanol–water partition coefficient (Wildman–Crippen LogP) is 2.48. The molecule has 0 atom stereocenters. The SMILES string of the molecule is CCNC(=NCCOCCS(C)(=O)=O)N(C)Cc1ccc(Cl)s1.I. The number of ether oxygens (including phenoxy) is 1. The summed E-state index contributed by atoms with van der Waals surface area (Å²) in [6, 6.07) is 3.89. The van der Waals surface area contributed by atoms with Gasteiger partial charge in [0.25, 0.3) is 0 Å². The van der Waals surface area contributed by atoms with E-state index >= 15 is 0 Å². The minimum Gasteiger partial charge on any atom is -0.378 e. The second-order valence-electron chi connectivity index (χ2n) is 5.04. The minimum atomic E-state index is -2.97. The van der Waals surface area contributed by atoms with Crippen molar-refractivity contribution in [1.82, 2.24) is 10.2 Å². The van der Waals surface area contributed by atoms with Gasteiger partial charge < -0.3 is 15.0 Å². The number of nitrogens with zero attached hydrogens (tertiary/aromatic N) is 2. The third-order valence-corrected chi connectivity index (χ3v) is 4.94. The van der Waals surface area contributed by atoms with Crippen molar-refractivity contribution in [3.63, 3.8) is 0 Å². The van der Waals surface area contributed by atoms with Crippen LogP contribution >= 0.6 is 46.9 Å². The molecule has 140 valence electrons. The van der Waals surface area contributed by atoms with E-state index in [1.165, 1.54) is 6.26 Å². The van der Waals surface area contributed by atoms with Crippen LogP contribution in [0.5, 0.6) is 0 Å². The number of thiophene rings is 1. The molecule has 1 heterocycles. The quantitative estimate of drug-likeness (QED) is 0.240. The number of aliphatic imine (C=N–C) groups is 1. The van der Waals surface area contributed by atoms with Gasteiger partial charge in [-0.25, -0.2) is 8.42 Å². The zero-order valence-electron chi connectivity index (χ0n) is 14.1. The van der Waals surface area contributed by atoms with Crippen LogP contribution in [0.4, 0.5) is 0 Å². The molecule has 0 aliphatic rings. The van der Waals surface area contributed by atoms with Gasteiger partial charge in [0.05, 0.1) is 36.4 Å². The zero-order valence-corrected chi connectivity index (χ0v) is 18.8. The van der Waals surface area contributed by atoms with Gasteiger partial charge in [-0.2, -0.15) is 0 Å². The van der Waals surface area contributed by atoms with Crippen LogP contribution in [0.15, 0.2) is 17.1 Å². The summed E-state index contributed by atoms with van der Waals surface area (Å²) in [6.07, 6.45) is 1.20. The van der Waals surface area contributed by atoms with Crippen LogP contribution in [0.2, 0.25) is 4.34 Å². The summed E-state index contributed by atoms with van der Waals surface area (Å²) < 4.78 is 28.0. The molecule has 0 bridgehead atoms. The maximum absolute atomic E-state index is 11.0. The molecule has 0 spiro atoms. The second-order valence-corrected chi connectivity index (χ2v) is 9.10. The summed E-state index contributed by atoms with van der Waals surface area (Å²) in [7, 11) is -1.02. The average Bonchev–Trinajstić information content (AvgIpc) is 2.85. The van der Waals surface area contributed by atoms with Crippen molar-refractivity contribution in [2.75, 3.05) is 45.4 Å². The Balaban J connectivity index is 0.00000529. The molecule has 24 heavy (non-hydrogen) atoms. The van der Waals surface area contributed by atoms with Crippen molar-refractivity contribution in [2.24, 2.45) is 4.99 Å². The van der Waals surface area contributed by atoms with Crippen molar-refractivity contribution in [3.05, 3.63) is 21.3 Å². The van der Waals surface area contributed by atoms with E-state index in [1.54, 1.807) is 11.3 Å². The lowest BCUT2D eigenvalue weighted by molar-refractivity contribution is 0.157. The van der Waals surface area contributed by atoms with E-state index in [1.807, 2.05) is 31.0 Å². The molecule has 0 radical (unpaired) electrons. The average molecular weight is 510 g/mol. The van der Waals surface area contributed by atoms with E-state index in [9.17, 15) is 8.42 Å². The Hall–Kier alpha value is -0.1000. The van der Waals surface area contributed by atoms with Crippen molar-refractivity contribution in [2.45, 2.75) is 13.5 Å². The molecule has 0 aliphatic heterocycles. The van der Waals surface area contributed by atoms with Crippen LogP contribution in [-0.2, 0) is 21.1 Å². The Kier molecular flexibility index (Phi) is 12.2. The first kappa shape index (κ1) is 23.9. The fourth-order valence-electron chi connectivity index (χ4n) is 1.74. The van der Waals surface area contributed by atoms with Crippen LogP contribution in [0.1, 0.15) is 11.8 Å². The summed E-state index contributed by atoms with van der Waals surface area (Å²) >= 11 is 7.49. The summed E-state index contributed by atoms with van der Waals surface area (Å²) in [4.78, 5) is 7.65. The number of halogens is 2. The molecule has 0 saturated heterocycles. The first-order valence-corrected chi connectivity index (χ1v) is 10.6. The summed E-state index contributed by atoms with van der Waals surface area (Å²) in [6.45, 7) is 4.56. The van der Waals surface area contributed by atoms with E-state index in [4.69, 9.17) is 16.3 Å². The lowest BCUT2D eigenvalue weighted by Gasteiger charge is -2.21. The van der Waals surface area contributed by atoms with Crippen LogP contribution in [-0.4, -0.2) is 64.6 Å². The Labute approximate surface area is 170 Å². The normalized spacial score (nSPS) is 11.9. The zero-order chi connectivity index (χ0) is 17.3. The summed E-state index contributed by atoms with van der Waals surface area (Å²) in [5.74, 6) is 0.819. The third kappa shape index (κ3) is 10.7. The van der Waals surface area contributed by atoms with Gasteiger partial charge in [-0.15, -0.1) is 35.3 Å². The molecular weight excluding hydrogens is 485 g/mol. The standard InChI is InChI=1S/C14H24ClN3O3S2.HI/c1-4-16-14(17-7-8-21-9-10-23(3,19)20)18(2)11-12-5-6-13(15)22-12;/h5-6H,4,7-11H2,1-3H3,(H,16,17);1H. The van der Waals surface area contributed by atoms with Gasteiger partial charge in [0.1, 0.15) is 9.84 Å². The predicted molar refractivity (Wildman–Crippen MR) is 113 cm³/mol. The number of nitrogens with one attached hydrogen (secondary N) is 1. The fraction of sp³-hybridized carbons (Fsp3) is 0.643. The molecule has 0 unspecified atom stereocenters. The van der Waals surface area contributed by atoms with Gasteiger partial charge in [0, 0.05) is 24.7 Å². The maximum Gasteiger partial charge on any atom is 0.194 e. The molecule has 1 N–H and O–H groups in total. The van der Waals surface area contributed by atoms with Gasteiger partial charge in [-0.05, 0) is 19.1 Å².